The predicted octanol–water partition coefficient (Wildman–Crippen LogP) is 1.65. The molecule has 8 heteroatoms. The summed E-state index contributed by atoms with van der Waals surface area (Å²) in [7, 11) is -3.49. The summed E-state index contributed by atoms with van der Waals surface area (Å²) >= 11 is 7.38. The highest BCUT2D eigenvalue weighted by atomic mass is 35.5. The van der Waals surface area contributed by atoms with Crippen LogP contribution in [0.3, 0.4) is 0 Å². The first-order valence-electron chi connectivity index (χ1n) is 5.63. The van der Waals surface area contributed by atoms with Gasteiger partial charge in [0.2, 0.25) is 15.3 Å². The molecule has 1 aromatic heterocycles. The van der Waals surface area contributed by atoms with Gasteiger partial charge >= 0.3 is 0 Å². The van der Waals surface area contributed by atoms with E-state index in [2.05, 4.69) is 16.9 Å². The molecule has 1 aliphatic rings. The second kappa shape index (κ2) is 5.73. The zero-order valence-electron chi connectivity index (χ0n) is 9.91. The highest BCUT2D eigenvalue weighted by Crippen LogP contribution is 2.25. The first-order chi connectivity index (χ1) is 8.54. The van der Waals surface area contributed by atoms with E-state index < -0.39 is 10.0 Å². The topological polar surface area (TPSA) is 63.2 Å². The third-order valence-electron chi connectivity index (χ3n) is 2.79. The summed E-state index contributed by atoms with van der Waals surface area (Å²) in [6.45, 7) is 3.15. The molecule has 1 atom stereocenters. The van der Waals surface area contributed by atoms with Crippen molar-refractivity contribution in [1.82, 2.24) is 14.3 Å². The predicted molar refractivity (Wildman–Crippen MR) is 72.3 cm³/mol. The van der Waals surface area contributed by atoms with Gasteiger partial charge in [-0.25, -0.2) is 18.4 Å². The molecule has 1 unspecified atom stereocenters. The van der Waals surface area contributed by atoms with E-state index in [0.717, 1.165) is 12.2 Å². The zero-order valence-corrected chi connectivity index (χ0v) is 12.3. The number of rotatable bonds is 3. The Hall–Kier alpha value is -0.370. The minimum Gasteiger partial charge on any atom is -0.225 e. The van der Waals surface area contributed by atoms with Crippen LogP contribution in [0.25, 0.3) is 0 Å². The normalized spacial score (nSPS) is 22.0. The Labute approximate surface area is 116 Å². The molecule has 5 nitrogen and oxygen atoms in total. The lowest BCUT2D eigenvalue weighted by atomic mass is 10.3. The Morgan fingerprint density at radius 2 is 2.17 bits per heavy atom. The van der Waals surface area contributed by atoms with E-state index in [1.807, 2.05) is 11.8 Å². The van der Waals surface area contributed by atoms with Crippen molar-refractivity contribution in [3.8, 4) is 0 Å². The lowest BCUT2D eigenvalue weighted by molar-refractivity contribution is 0.415. The molecule has 1 saturated heterocycles. The lowest BCUT2D eigenvalue weighted by Crippen LogP contribution is -2.41. The molecule has 0 saturated carbocycles. The molecule has 0 bridgehead atoms. The molecule has 2 rings (SSSR count). The van der Waals surface area contributed by atoms with Crippen LogP contribution >= 0.6 is 23.4 Å². The highest BCUT2D eigenvalue weighted by molar-refractivity contribution is 8.00. The molecule has 100 valence electrons. The number of hydrogen-bond acceptors (Lipinski definition) is 5. The Morgan fingerprint density at radius 1 is 1.50 bits per heavy atom. The average molecular weight is 308 g/mol. The molecule has 18 heavy (non-hydrogen) atoms. The van der Waals surface area contributed by atoms with Gasteiger partial charge in [0.25, 0.3) is 0 Å². The standard InChI is InChI=1S/C10H14ClN3O2S2/c1-2-8-7-14(3-4-17-8)18(15,16)9-5-12-10(11)13-6-9/h5-6,8H,2-4,7H2,1H3. The van der Waals surface area contributed by atoms with Gasteiger partial charge in [-0.15, -0.1) is 0 Å². The van der Waals surface area contributed by atoms with E-state index >= 15 is 0 Å². The minimum absolute atomic E-state index is 0.0505. The number of aromatic nitrogens is 2. The third kappa shape index (κ3) is 2.96. The summed E-state index contributed by atoms with van der Waals surface area (Å²) in [5, 5.41) is 0.413. The van der Waals surface area contributed by atoms with Gasteiger partial charge < -0.3 is 0 Å². The van der Waals surface area contributed by atoms with E-state index in [-0.39, 0.29) is 10.2 Å². The molecule has 0 aliphatic carbocycles. The maximum absolute atomic E-state index is 12.4. The fourth-order valence-corrected chi connectivity index (χ4v) is 4.61. The largest absolute Gasteiger partial charge is 0.246 e. The van der Waals surface area contributed by atoms with Crippen LogP contribution in [0.2, 0.25) is 5.28 Å². The summed E-state index contributed by atoms with van der Waals surface area (Å²) in [6.07, 6.45) is 3.48. The molecule has 1 aliphatic heterocycles. The van der Waals surface area contributed by atoms with E-state index in [1.165, 1.54) is 16.7 Å². The number of nitrogens with zero attached hydrogens (tertiary/aromatic N) is 3. The fourth-order valence-electron chi connectivity index (χ4n) is 1.74. The summed E-state index contributed by atoms with van der Waals surface area (Å²) in [5.41, 5.74) is 0. The molecule has 2 heterocycles. The van der Waals surface area contributed by atoms with Gasteiger partial charge in [-0.05, 0) is 18.0 Å². The molecule has 1 aromatic rings. The van der Waals surface area contributed by atoms with Crippen molar-refractivity contribution < 1.29 is 8.42 Å². The van der Waals surface area contributed by atoms with Crippen LogP contribution in [0.1, 0.15) is 13.3 Å². The third-order valence-corrected chi connectivity index (χ3v) is 6.18. The summed E-state index contributed by atoms with van der Waals surface area (Å²) in [5.74, 6) is 0.826. The van der Waals surface area contributed by atoms with E-state index in [0.29, 0.717) is 18.3 Å². The van der Waals surface area contributed by atoms with Gasteiger partial charge in [0.15, 0.2) is 0 Å². The second-order valence-electron chi connectivity index (χ2n) is 3.95. The van der Waals surface area contributed by atoms with Crippen LogP contribution in [0.4, 0.5) is 0 Å². The van der Waals surface area contributed by atoms with Gasteiger partial charge in [-0.3, -0.25) is 0 Å². The Balaban J connectivity index is 2.22. The van der Waals surface area contributed by atoms with Crippen molar-refractivity contribution in [3.05, 3.63) is 17.7 Å². The van der Waals surface area contributed by atoms with Crippen LogP contribution < -0.4 is 0 Å². The van der Waals surface area contributed by atoms with Crippen molar-refractivity contribution in [3.63, 3.8) is 0 Å². The van der Waals surface area contributed by atoms with Gasteiger partial charge in [0, 0.05) is 24.1 Å². The average Bonchev–Trinajstić information content (AvgIpc) is 2.39. The summed E-state index contributed by atoms with van der Waals surface area (Å²) in [6, 6.07) is 0. The van der Waals surface area contributed by atoms with Gasteiger partial charge in [-0.2, -0.15) is 16.1 Å². The Kier molecular flexibility index (Phi) is 4.47. The molecular weight excluding hydrogens is 294 g/mol. The van der Waals surface area contributed by atoms with Crippen LogP contribution in [-0.4, -0.2) is 46.8 Å². The molecule has 0 aromatic carbocycles. The fraction of sp³-hybridized carbons (Fsp3) is 0.600. The highest BCUT2D eigenvalue weighted by Gasteiger charge is 2.30. The quantitative estimate of drug-likeness (QED) is 0.795. The van der Waals surface area contributed by atoms with Crippen molar-refractivity contribution >= 4 is 33.4 Å². The maximum Gasteiger partial charge on any atom is 0.246 e. The number of halogens is 1. The van der Waals surface area contributed by atoms with Crippen LogP contribution in [0.15, 0.2) is 17.3 Å². The minimum atomic E-state index is -3.49. The van der Waals surface area contributed by atoms with Crippen molar-refractivity contribution in [1.29, 1.82) is 0 Å². The Morgan fingerprint density at radius 3 is 2.78 bits per heavy atom. The van der Waals surface area contributed by atoms with E-state index in [9.17, 15) is 8.42 Å². The summed E-state index contributed by atoms with van der Waals surface area (Å²) in [4.78, 5) is 7.55. The van der Waals surface area contributed by atoms with E-state index in [4.69, 9.17) is 11.6 Å². The van der Waals surface area contributed by atoms with Crippen LogP contribution in [0, 0.1) is 0 Å². The number of thioether (sulfide) groups is 1. The second-order valence-corrected chi connectivity index (χ2v) is 7.64. The van der Waals surface area contributed by atoms with Crippen molar-refractivity contribution in [2.24, 2.45) is 0 Å². The van der Waals surface area contributed by atoms with Crippen molar-refractivity contribution in [2.45, 2.75) is 23.5 Å². The van der Waals surface area contributed by atoms with Gasteiger partial charge in [-0.1, -0.05) is 6.92 Å². The first-order valence-corrected chi connectivity index (χ1v) is 8.50. The van der Waals surface area contributed by atoms with Crippen LogP contribution in [0.5, 0.6) is 0 Å². The Bertz CT molecular complexity index is 506. The van der Waals surface area contributed by atoms with Gasteiger partial charge in [0.1, 0.15) is 4.90 Å². The smallest absolute Gasteiger partial charge is 0.225 e. The molecule has 1 fully saturated rings. The van der Waals surface area contributed by atoms with Crippen molar-refractivity contribution in [2.75, 3.05) is 18.8 Å². The molecule has 0 amide bonds. The number of hydrogen-bond donors (Lipinski definition) is 0. The molecular formula is C10H14ClN3O2S2. The zero-order chi connectivity index (χ0) is 13.2. The van der Waals surface area contributed by atoms with E-state index in [1.54, 1.807) is 0 Å². The molecule has 0 N–H and O–H groups in total. The first kappa shape index (κ1) is 14.0. The lowest BCUT2D eigenvalue weighted by Gasteiger charge is -2.30. The molecule has 0 spiro atoms. The summed E-state index contributed by atoms with van der Waals surface area (Å²) < 4.78 is 26.2. The maximum atomic E-state index is 12.4. The monoisotopic (exact) mass is 307 g/mol. The number of sulfonamides is 1. The van der Waals surface area contributed by atoms with Gasteiger partial charge in [0.05, 0.1) is 12.4 Å². The van der Waals surface area contributed by atoms with Crippen LogP contribution in [-0.2, 0) is 10.0 Å². The SMILES string of the molecule is CCC1CN(S(=O)(=O)c2cnc(Cl)nc2)CCS1. The molecule has 0 radical (unpaired) electrons.